The molecule has 0 spiro atoms. The van der Waals surface area contributed by atoms with Crippen molar-refractivity contribution in [1.82, 2.24) is 0 Å². The topological polar surface area (TPSA) is 69.7 Å². The average molecular weight is 344 g/mol. The smallest absolute Gasteiger partial charge is 0.323 e. The van der Waals surface area contributed by atoms with Crippen molar-refractivity contribution in [2.45, 2.75) is 66.0 Å². The Bertz CT molecular complexity index is 462. The van der Waals surface area contributed by atoms with Gasteiger partial charge in [0.2, 0.25) is 0 Å². The zero-order chi connectivity index (χ0) is 18.5. The quantitative estimate of drug-likeness (QED) is 0.499. The van der Waals surface area contributed by atoms with Crippen LogP contribution in [0.1, 0.15) is 60.3 Å². The average Bonchev–Trinajstić information content (AvgIpc) is 2.87. The molecule has 1 aliphatic carbocycles. The number of halogens is 1. The van der Waals surface area contributed by atoms with Crippen LogP contribution in [0.5, 0.6) is 0 Å². The van der Waals surface area contributed by atoms with E-state index in [4.69, 9.17) is 9.47 Å². The summed E-state index contributed by atoms with van der Waals surface area (Å²) in [6.07, 6.45) is 0.972. The molecule has 1 aliphatic rings. The fourth-order valence-corrected chi connectivity index (χ4v) is 3.67. The second-order valence-electron chi connectivity index (χ2n) is 7.10. The first-order valence-corrected chi connectivity index (χ1v) is 8.61. The second-order valence-corrected chi connectivity index (χ2v) is 7.10. The Morgan fingerprint density at radius 2 is 1.58 bits per heavy atom. The molecule has 5 nitrogen and oxygen atoms in total. The van der Waals surface area contributed by atoms with Gasteiger partial charge in [0.15, 0.2) is 5.41 Å². The molecule has 0 heterocycles. The molecular weight excluding hydrogens is 315 g/mol. The molecule has 138 valence electrons. The summed E-state index contributed by atoms with van der Waals surface area (Å²) in [6, 6.07) is 0. The van der Waals surface area contributed by atoms with Gasteiger partial charge in [0, 0.05) is 6.42 Å². The number of hydrogen-bond acceptors (Lipinski definition) is 5. The molecule has 0 saturated heterocycles. The molecule has 6 heteroatoms. The SMILES string of the molecule is CCOC(=O)C1(C(=O)OCC)CC(CCC(C)=O)C(C(C)(C)F)C1. The van der Waals surface area contributed by atoms with E-state index in [1.807, 2.05) is 0 Å². The molecule has 1 fully saturated rings. The number of carbonyl (C=O) groups excluding carboxylic acids is 3. The second kappa shape index (κ2) is 8.08. The molecule has 0 aromatic carbocycles. The molecule has 2 unspecified atom stereocenters. The van der Waals surface area contributed by atoms with E-state index in [0.717, 1.165) is 0 Å². The Morgan fingerprint density at radius 1 is 1.08 bits per heavy atom. The monoisotopic (exact) mass is 344 g/mol. The summed E-state index contributed by atoms with van der Waals surface area (Å²) in [4.78, 5) is 36.4. The van der Waals surface area contributed by atoms with Gasteiger partial charge in [0.05, 0.1) is 13.2 Å². The van der Waals surface area contributed by atoms with Crippen LogP contribution in [0.3, 0.4) is 0 Å². The highest BCUT2D eigenvalue weighted by molar-refractivity contribution is 6.00. The maximum atomic E-state index is 14.7. The largest absolute Gasteiger partial charge is 0.465 e. The lowest BCUT2D eigenvalue weighted by molar-refractivity contribution is -0.172. The van der Waals surface area contributed by atoms with Crippen LogP contribution in [0.15, 0.2) is 0 Å². The first-order valence-electron chi connectivity index (χ1n) is 8.61. The van der Waals surface area contributed by atoms with Crippen LogP contribution in [0.4, 0.5) is 4.39 Å². The summed E-state index contributed by atoms with van der Waals surface area (Å²) >= 11 is 0. The molecule has 2 atom stereocenters. The van der Waals surface area contributed by atoms with E-state index in [0.29, 0.717) is 12.8 Å². The number of carbonyl (C=O) groups is 3. The third kappa shape index (κ3) is 4.54. The fourth-order valence-electron chi connectivity index (χ4n) is 3.67. The number of rotatable bonds is 8. The molecule has 0 aliphatic heterocycles. The van der Waals surface area contributed by atoms with E-state index >= 15 is 0 Å². The Morgan fingerprint density at radius 3 is 1.96 bits per heavy atom. The molecule has 0 amide bonds. The van der Waals surface area contributed by atoms with Crippen LogP contribution >= 0.6 is 0 Å². The highest BCUT2D eigenvalue weighted by Gasteiger charge is 2.60. The van der Waals surface area contributed by atoms with Gasteiger partial charge in [0.25, 0.3) is 0 Å². The van der Waals surface area contributed by atoms with Gasteiger partial charge >= 0.3 is 11.9 Å². The number of ketones is 1. The number of alkyl halides is 1. The lowest BCUT2D eigenvalue weighted by Gasteiger charge is -2.29. The Kier molecular flexibility index (Phi) is 6.93. The van der Waals surface area contributed by atoms with Gasteiger partial charge < -0.3 is 14.3 Å². The standard InChI is InChI=1S/C18H29FO5/c1-6-23-15(21)18(16(22)24-7-2)10-13(9-8-12(3)20)14(11-18)17(4,5)19/h13-14H,6-11H2,1-5H3. The van der Waals surface area contributed by atoms with Gasteiger partial charge in [-0.2, -0.15) is 0 Å². The van der Waals surface area contributed by atoms with E-state index in [2.05, 4.69) is 0 Å². The summed E-state index contributed by atoms with van der Waals surface area (Å²) in [7, 11) is 0. The van der Waals surface area contributed by atoms with Crippen LogP contribution in [-0.2, 0) is 23.9 Å². The molecule has 0 aromatic rings. The number of ether oxygens (including phenoxy) is 2. The number of esters is 2. The Hall–Kier alpha value is -1.46. The first kappa shape index (κ1) is 20.6. The summed E-state index contributed by atoms with van der Waals surface area (Å²) < 4.78 is 24.9. The first-order chi connectivity index (χ1) is 11.1. The maximum Gasteiger partial charge on any atom is 0.323 e. The van der Waals surface area contributed by atoms with Gasteiger partial charge in [-0.1, -0.05) is 0 Å². The van der Waals surface area contributed by atoms with Gasteiger partial charge in [-0.3, -0.25) is 9.59 Å². The molecule has 0 radical (unpaired) electrons. The lowest BCUT2D eigenvalue weighted by Crippen LogP contribution is -2.41. The van der Waals surface area contributed by atoms with Crippen molar-refractivity contribution in [3.8, 4) is 0 Å². The minimum absolute atomic E-state index is 0.00943. The van der Waals surface area contributed by atoms with Gasteiger partial charge in [-0.15, -0.1) is 0 Å². The van der Waals surface area contributed by atoms with Crippen molar-refractivity contribution in [2.75, 3.05) is 13.2 Å². The van der Waals surface area contributed by atoms with E-state index in [1.54, 1.807) is 13.8 Å². The summed E-state index contributed by atoms with van der Waals surface area (Å²) in [5.41, 5.74) is -3.04. The zero-order valence-electron chi connectivity index (χ0n) is 15.3. The van der Waals surface area contributed by atoms with Crippen LogP contribution in [0.2, 0.25) is 0 Å². The number of hydrogen-bond donors (Lipinski definition) is 0. The third-order valence-corrected chi connectivity index (χ3v) is 4.83. The molecule has 1 rings (SSSR count). The van der Waals surface area contributed by atoms with Gasteiger partial charge in [0.1, 0.15) is 11.5 Å². The van der Waals surface area contributed by atoms with Crippen molar-refractivity contribution >= 4 is 17.7 Å². The minimum Gasteiger partial charge on any atom is -0.465 e. The van der Waals surface area contributed by atoms with Crippen LogP contribution in [-0.4, -0.2) is 36.6 Å². The van der Waals surface area contributed by atoms with Crippen molar-refractivity contribution in [3.05, 3.63) is 0 Å². The molecule has 0 N–H and O–H groups in total. The van der Waals surface area contributed by atoms with E-state index in [9.17, 15) is 18.8 Å². The van der Waals surface area contributed by atoms with E-state index in [-0.39, 0.29) is 37.8 Å². The van der Waals surface area contributed by atoms with Crippen LogP contribution in [0.25, 0.3) is 0 Å². The summed E-state index contributed by atoms with van der Waals surface area (Å²) in [5, 5.41) is 0. The Balaban J connectivity index is 3.17. The lowest BCUT2D eigenvalue weighted by atomic mass is 9.80. The number of Topliss-reactive ketones (excluding diaryl/α,β-unsaturated/α-hetero) is 1. The third-order valence-electron chi connectivity index (χ3n) is 4.83. The highest BCUT2D eigenvalue weighted by Crippen LogP contribution is 2.53. The summed E-state index contributed by atoms with van der Waals surface area (Å²) in [6.45, 7) is 7.98. The van der Waals surface area contributed by atoms with Crippen molar-refractivity contribution in [2.24, 2.45) is 17.3 Å². The van der Waals surface area contributed by atoms with Gasteiger partial charge in [-0.25, -0.2) is 4.39 Å². The minimum atomic E-state index is -1.57. The highest BCUT2D eigenvalue weighted by atomic mass is 19.1. The maximum absolute atomic E-state index is 14.7. The molecule has 0 aromatic heterocycles. The predicted molar refractivity (Wildman–Crippen MR) is 87.0 cm³/mol. The normalized spacial score (nSPS) is 22.9. The molecule has 0 bridgehead atoms. The van der Waals surface area contributed by atoms with Crippen LogP contribution < -0.4 is 0 Å². The van der Waals surface area contributed by atoms with Crippen LogP contribution in [0, 0.1) is 17.3 Å². The van der Waals surface area contributed by atoms with Crippen molar-refractivity contribution in [3.63, 3.8) is 0 Å². The van der Waals surface area contributed by atoms with Gasteiger partial charge in [-0.05, 0) is 65.7 Å². The Labute approximate surface area is 143 Å². The fraction of sp³-hybridized carbons (Fsp3) is 0.833. The molecule has 24 heavy (non-hydrogen) atoms. The summed E-state index contributed by atoms with van der Waals surface area (Å²) in [5.74, 6) is -2.05. The predicted octanol–water partition coefficient (Wildman–Crippen LogP) is 3.24. The van der Waals surface area contributed by atoms with E-state index < -0.39 is 28.9 Å². The van der Waals surface area contributed by atoms with E-state index in [1.165, 1.54) is 20.8 Å². The zero-order valence-corrected chi connectivity index (χ0v) is 15.3. The van der Waals surface area contributed by atoms with Crippen molar-refractivity contribution in [1.29, 1.82) is 0 Å². The van der Waals surface area contributed by atoms with Crippen molar-refractivity contribution < 1.29 is 28.2 Å². The molecule has 1 saturated carbocycles. The molecular formula is C18H29FO5.